The molecular weight excluding hydrogens is 400 g/mol. The van der Waals surface area contributed by atoms with Gasteiger partial charge in [-0.1, -0.05) is 18.2 Å². The predicted molar refractivity (Wildman–Crippen MR) is 118 cm³/mol. The molecule has 3 aromatic rings. The smallest absolute Gasteiger partial charge is 0.206 e. The van der Waals surface area contributed by atoms with Crippen molar-refractivity contribution in [1.82, 2.24) is 10.3 Å². The topological polar surface area (TPSA) is 92.7 Å². The fourth-order valence-corrected chi connectivity index (χ4v) is 4.05. The number of anilines is 1. The van der Waals surface area contributed by atoms with Crippen molar-refractivity contribution in [1.29, 1.82) is 0 Å². The van der Waals surface area contributed by atoms with Crippen LogP contribution in [0.4, 0.5) is 5.69 Å². The first-order chi connectivity index (χ1) is 14.5. The number of pyridine rings is 1. The standard InChI is InChI=1S/C22H24N4O3S/c1-3-29-19-5-4-6-21(15-19)30(27,28)20-9-7-17(8-10-20)16-25-22(23-2)26-18-11-13-24-14-12-18/h4-15H,3,16H2,1-2H3,(H2,23,24,25,26). The Labute approximate surface area is 176 Å². The normalized spacial score (nSPS) is 11.7. The van der Waals surface area contributed by atoms with Crippen molar-refractivity contribution in [3.63, 3.8) is 0 Å². The highest BCUT2D eigenvalue weighted by Gasteiger charge is 2.18. The van der Waals surface area contributed by atoms with E-state index in [9.17, 15) is 8.42 Å². The lowest BCUT2D eigenvalue weighted by atomic mass is 10.2. The number of ether oxygens (including phenoxy) is 1. The molecular formula is C22H24N4O3S. The van der Waals surface area contributed by atoms with E-state index < -0.39 is 9.84 Å². The van der Waals surface area contributed by atoms with Gasteiger partial charge in [-0.05, 0) is 55.0 Å². The number of aromatic nitrogens is 1. The molecule has 0 atom stereocenters. The summed E-state index contributed by atoms with van der Waals surface area (Å²) in [6.07, 6.45) is 3.39. The van der Waals surface area contributed by atoms with Gasteiger partial charge in [0.1, 0.15) is 5.75 Å². The largest absolute Gasteiger partial charge is 0.494 e. The Kier molecular flexibility index (Phi) is 7.03. The van der Waals surface area contributed by atoms with Gasteiger partial charge < -0.3 is 15.4 Å². The molecule has 0 unspecified atom stereocenters. The van der Waals surface area contributed by atoms with Crippen LogP contribution in [0.15, 0.2) is 87.8 Å². The molecule has 0 aliphatic carbocycles. The van der Waals surface area contributed by atoms with E-state index in [4.69, 9.17) is 4.74 Å². The fraction of sp³-hybridized carbons (Fsp3) is 0.182. The number of rotatable bonds is 7. The van der Waals surface area contributed by atoms with Gasteiger partial charge in [-0.25, -0.2) is 8.42 Å². The van der Waals surface area contributed by atoms with Gasteiger partial charge in [0, 0.05) is 31.7 Å². The van der Waals surface area contributed by atoms with Gasteiger partial charge in [-0.3, -0.25) is 9.98 Å². The van der Waals surface area contributed by atoms with Crippen LogP contribution < -0.4 is 15.4 Å². The zero-order valence-corrected chi connectivity index (χ0v) is 17.7. The van der Waals surface area contributed by atoms with E-state index in [1.165, 1.54) is 0 Å². The number of nitrogens with zero attached hydrogens (tertiary/aromatic N) is 2. The molecule has 0 spiro atoms. The van der Waals surface area contributed by atoms with Crippen LogP contribution in [0.25, 0.3) is 0 Å². The van der Waals surface area contributed by atoms with E-state index in [0.717, 1.165) is 11.3 Å². The molecule has 2 N–H and O–H groups in total. The summed E-state index contributed by atoms with van der Waals surface area (Å²) < 4.78 is 31.2. The molecule has 156 valence electrons. The second kappa shape index (κ2) is 9.89. The zero-order chi connectivity index (χ0) is 21.4. The summed E-state index contributed by atoms with van der Waals surface area (Å²) in [6, 6.07) is 17.0. The third-order valence-electron chi connectivity index (χ3n) is 4.29. The van der Waals surface area contributed by atoms with Crippen LogP contribution in [-0.2, 0) is 16.4 Å². The molecule has 8 heteroatoms. The summed E-state index contributed by atoms with van der Waals surface area (Å²) in [7, 11) is -1.93. The van der Waals surface area contributed by atoms with Crippen LogP contribution >= 0.6 is 0 Å². The number of guanidine groups is 1. The van der Waals surface area contributed by atoms with E-state index in [1.807, 2.05) is 19.1 Å². The zero-order valence-electron chi connectivity index (χ0n) is 16.9. The Morgan fingerprint density at radius 3 is 2.43 bits per heavy atom. The van der Waals surface area contributed by atoms with Crippen molar-refractivity contribution < 1.29 is 13.2 Å². The van der Waals surface area contributed by atoms with Gasteiger partial charge in [-0.15, -0.1) is 0 Å². The fourth-order valence-electron chi connectivity index (χ4n) is 2.76. The molecule has 0 aliphatic heterocycles. The van der Waals surface area contributed by atoms with Gasteiger partial charge in [-0.2, -0.15) is 0 Å². The molecule has 0 amide bonds. The van der Waals surface area contributed by atoms with Gasteiger partial charge >= 0.3 is 0 Å². The lowest BCUT2D eigenvalue weighted by molar-refractivity contribution is 0.339. The summed E-state index contributed by atoms with van der Waals surface area (Å²) in [6.45, 7) is 2.82. The minimum absolute atomic E-state index is 0.210. The van der Waals surface area contributed by atoms with Gasteiger partial charge in [0.2, 0.25) is 9.84 Å². The highest BCUT2D eigenvalue weighted by Crippen LogP contribution is 2.24. The molecule has 7 nitrogen and oxygen atoms in total. The second-order valence-electron chi connectivity index (χ2n) is 6.34. The van der Waals surface area contributed by atoms with Crippen LogP contribution in [0.1, 0.15) is 12.5 Å². The van der Waals surface area contributed by atoms with Crippen molar-refractivity contribution >= 4 is 21.5 Å². The van der Waals surface area contributed by atoms with Crippen LogP contribution in [0.2, 0.25) is 0 Å². The third kappa shape index (κ3) is 5.36. The average Bonchev–Trinajstić information content (AvgIpc) is 2.78. The van der Waals surface area contributed by atoms with E-state index in [-0.39, 0.29) is 9.79 Å². The molecule has 0 bridgehead atoms. The molecule has 0 saturated carbocycles. The third-order valence-corrected chi connectivity index (χ3v) is 6.05. The summed E-state index contributed by atoms with van der Waals surface area (Å²) >= 11 is 0. The molecule has 30 heavy (non-hydrogen) atoms. The Hall–Kier alpha value is -3.39. The van der Waals surface area contributed by atoms with Crippen LogP contribution in [0, 0.1) is 0 Å². The second-order valence-corrected chi connectivity index (χ2v) is 8.29. The highest BCUT2D eigenvalue weighted by molar-refractivity contribution is 7.91. The number of aliphatic imine (C=N–C) groups is 1. The van der Waals surface area contributed by atoms with E-state index in [2.05, 4.69) is 20.6 Å². The monoisotopic (exact) mass is 424 g/mol. The van der Waals surface area contributed by atoms with Crippen molar-refractivity contribution in [3.8, 4) is 5.75 Å². The van der Waals surface area contributed by atoms with Gasteiger partial charge in [0.25, 0.3) is 0 Å². The quantitative estimate of drug-likeness (QED) is 0.445. The van der Waals surface area contributed by atoms with Gasteiger partial charge in [0.05, 0.1) is 16.4 Å². The number of benzene rings is 2. The summed E-state index contributed by atoms with van der Waals surface area (Å²) in [4.78, 5) is 8.61. The first-order valence-corrected chi connectivity index (χ1v) is 11.0. The number of nitrogens with one attached hydrogen (secondary N) is 2. The Morgan fingerprint density at radius 1 is 1.03 bits per heavy atom. The lowest BCUT2D eigenvalue weighted by Crippen LogP contribution is -2.30. The summed E-state index contributed by atoms with van der Waals surface area (Å²) in [5, 5.41) is 6.36. The summed E-state index contributed by atoms with van der Waals surface area (Å²) in [5.74, 6) is 1.14. The maximum absolute atomic E-state index is 12.9. The Morgan fingerprint density at radius 2 is 1.77 bits per heavy atom. The van der Waals surface area contributed by atoms with Gasteiger partial charge in [0.15, 0.2) is 5.96 Å². The van der Waals surface area contributed by atoms with Crippen LogP contribution in [0.5, 0.6) is 5.75 Å². The molecule has 0 radical (unpaired) electrons. The SMILES string of the molecule is CCOc1cccc(S(=O)(=O)c2ccc(CN/C(=N\C)Nc3ccncc3)cc2)c1. The minimum Gasteiger partial charge on any atom is -0.494 e. The predicted octanol–water partition coefficient (Wildman–Crippen LogP) is 3.50. The molecule has 0 saturated heterocycles. The van der Waals surface area contributed by atoms with Crippen molar-refractivity contribution in [2.45, 2.75) is 23.3 Å². The number of sulfone groups is 1. The first kappa shape index (κ1) is 21.3. The molecule has 0 aliphatic rings. The highest BCUT2D eigenvalue weighted by atomic mass is 32.2. The van der Waals surface area contributed by atoms with E-state index >= 15 is 0 Å². The van der Waals surface area contributed by atoms with Crippen LogP contribution in [-0.4, -0.2) is 33.0 Å². The molecule has 3 rings (SSSR count). The average molecular weight is 425 g/mol. The maximum atomic E-state index is 12.9. The van der Waals surface area contributed by atoms with E-state index in [1.54, 1.807) is 68.0 Å². The lowest BCUT2D eigenvalue weighted by Gasteiger charge is -2.12. The summed E-state index contributed by atoms with van der Waals surface area (Å²) in [5.41, 5.74) is 1.79. The Balaban J connectivity index is 1.67. The molecule has 0 fully saturated rings. The first-order valence-electron chi connectivity index (χ1n) is 9.47. The maximum Gasteiger partial charge on any atom is 0.206 e. The number of hydrogen-bond donors (Lipinski definition) is 2. The van der Waals surface area contributed by atoms with Crippen molar-refractivity contribution in [3.05, 3.63) is 78.6 Å². The van der Waals surface area contributed by atoms with Crippen molar-refractivity contribution in [2.75, 3.05) is 19.0 Å². The van der Waals surface area contributed by atoms with Crippen LogP contribution in [0.3, 0.4) is 0 Å². The van der Waals surface area contributed by atoms with Crippen molar-refractivity contribution in [2.24, 2.45) is 4.99 Å². The number of hydrogen-bond acceptors (Lipinski definition) is 5. The van der Waals surface area contributed by atoms with E-state index in [0.29, 0.717) is 24.9 Å². The molecule has 1 heterocycles. The Bertz CT molecular complexity index is 1100. The molecule has 2 aromatic carbocycles. The molecule has 1 aromatic heterocycles. The minimum atomic E-state index is -3.62.